The third-order valence-corrected chi connectivity index (χ3v) is 22.4. The molecule has 0 bridgehead atoms. The Morgan fingerprint density at radius 3 is 1.02 bits per heavy atom. The first-order valence-corrected chi connectivity index (χ1v) is 38.4. The maximum absolute atomic E-state index is 6.33. The fourth-order valence-electron chi connectivity index (χ4n) is 13.4. The van der Waals surface area contributed by atoms with E-state index in [2.05, 4.69) is 286 Å². The Kier molecular flexibility index (Phi) is 25.2. The van der Waals surface area contributed by atoms with Crippen LogP contribution in [-0.4, -0.2) is 55.7 Å². The van der Waals surface area contributed by atoms with Gasteiger partial charge in [-0.2, -0.15) is 0 Å². The predicted molar refractivity (Wildman–Crippen MR) is 407 cm³/mol. The summed E-state index contributed by atoms with van der Waals surface area (Å²) in [5, 5.41) is 9.04. The molecule has 0 aliphatic carbocycles. The third-order valence-electron chi connectivity index (χ3n) is 19.9. The van der Waals surface area contributed by atoms with E-state index in [1.807, 2.05) is 0 Å². The number of rotatable bonds is 26. The first-order chi connectivity index (χ1) is 43.0. The highest BCUT2D eigenvalue weighted by molar-refractivity contribution is 9.11. The molecule has 5 heterocycles. The maximum Gasteiger partial charge on any atom is 0.494 e. The fourth-order valence-corrected chi connectivity index (χ4v) is 15.1. The van der Waals surface area contributed by atoms with E-state index < -0.39 is 0 Å². The normalized spacial score (nSPS) is 16.0. The molecule has 2 fully saturated rings. The summed E-state index contributed by atoms with van der Waals surface area (Å²) >= 11 is 18.2. The Balaban J connectivity index is 0.000000163. The van der Waals surface area contributed by atoms with Crippen LogP contribution in [0.1, 0.15) is 224 Å². The molecule has 6 aromatic carbocycles. The number of hydrogen-bond acceptors (Lipinski definition) is 4. The molecule has 0 amide bonds. The van der Waals surface area contributed by atoms with Gasteiger partial charge in [0.25, 0.3) is 0 Å². The van der Waals surface area contributed by atoms with E-state index >= 15 is 0 Å². The first kappa shape index (κ1) is 71.4. The monoisotopic (exact) mass is 1540 g/mol. The second kappa shape index (κ2) is 31.8. The van der Waals surface area contributed by atoms with E-state index in [9.17, 15) is 0 Å². The molecule has 0 atom stereocenters. The minimum absolute atomic E-state index is 0.280. The number of halogens is 5. The lowest BCUT2D eigenvalue weighted by Crippen LogP contribution is -2.41. The average molecular weight is 1540 g/mol. The summed E-state index contributed by atoms with van der Waals surface area (Å²) in [7, 11) is -0.762. The van der Waals surface area contributed by atoms with E-state index in [-0.39, 0.29) is 42.7 Å². The lowest BCUT2D eigenvalue weighted by Gasteiger charge is -2.32. The van der Waals surface area contributed by atoms with Gasteiger partial charge in [0.1, 0.15) is 0 Å². The van der Waals surface area contributed by atoms with E-state index in [0.29, 0.717) is 6.04 Å². The van der Waals surface area contributed by atoms with Crippen LogP contribution in [0.3, 0.4) is 0 Å². The summed E-state index contributed by atoms with van der Waals surface area (Å²) in [5.41, 5.74) is 8.42. The zero-order valence-corrected chi connectivity index (χ0v) is 64.1. The molecule has 3 aromatic heterocycles. The zero-order chi connectivity index (χ0) is 64.5. The van der Waals surface area contributed by atoms with Gasteiger partial charge in [-0.1, -0.05) is 245 Å². The number of nitrogens with zero attached hydrogens (tertiary/aromatic N) is 3. The van der Waals surface area contributed by atoms with E-state index in [4.69, 9.17) is 18.6 Å². The number of unbranched alkanes of at least 4 members (excludes halogenated alkanes) is 15. The molecule has 7 nitrogen and oxygen atoms in total. The van der Waals surface area contributed by atoms with Crippen LogP contribution in [0.2, 0.25) is 0 Å². The number of fused-ring (bicyclic) bond motifs is 9. The molecule has 0 saturated carbocycles. The molecular weight excluding hydrogens is 1440 g/mol. The summed E-state index contributed by atoms with van der Waals surface area (Å²) < 4.78 is 37.5. The molecule has 90 heavy (non-hydrogen) atoms. The van der Waals surface area contributed by atoms with Crippen LogP contribution < -0.4 is 10.9 Å². The van der Waals surface area contributed by atoms with Crippen molar-refractivity contribution in [2.24, 2.45) is 0 Å². The van der Waals surface area contributed by atoms with Crippen molar-refractivity contribution in [2.75, 3.05) is 5.33 Å². The van der Waals surface area contributed by atoms with Crippen LogP contribution in [0.25, 0.3) is 65.4 Å². The smallest absolute Gasteiger partial charge is 0.399 e. The minimum atomic E-state index is -0.381. The Morgan fingerprint density at radius 1 is 0.367 bits per heavy atom. The van der Waals surface area contributed by atoms with E-state index in [0.717, 1.165) is 31.7 Å². The molecule has 0 radical (unpaired) electrons. The van der Waals surface area contributed by atoms with Crippen molar-refractivity contribution < 1.29 is 18.6 Å². The van der Waals surface area contributed by atoms with Gasteiger partial charge in [-0.3, -0.25) is 0 Å². The Hall–Kier alpha value is -2.91. The molecule has 2 aliphatic rings. The van der Waals surface area contributed by atoms with Gasteiger partial charge in [-0.25, -0.2) is 0 Å². The number of alkyl halides is 1. The van der Waals surface area contributed by atoms with E-state index in [1.165, 1.54) is 203 Å². The molecule has 2 aliphatic heterocycles. The Morgan fingerprint density at radius 2 is 0.667 bits per heavy atom. The predicted octanol–water partition coefficient (Wildman–Crippen LogP) is 24.4. The van der Waals surface area contributed by atoms with Gasteiger partial charge in [0.05, 0.1) is 44.5 Å². The summed E-state index contributed by atoms with van der Waals surface area (Å²) in [5.74, 6) is 0. The molecule has 9 aromatic rings. The van der Waals surface area contributed by atoms with Gasteiger partial charge in [0, 0.05) is 85.2 Å². The summed E-state index contributed by atoms with van der Waals surface area (Å²) in [6.45, 7) is 26.9. The summed E-state index contributed by atoms with van der Waals surface area (Å²) in [4.78, 5) is 0. The lowest BCUT2D eigenvalue weighted by molar-refractivity contribution is 0.00578. The van der Waals surface area contributed by atoms with Crippen LogP contribution in [0.4, 0.5) is 0 Å². The minimum Gasteiger partial charge on any atom is -0.399 e. The Labute approximate surface area is 582 Å². The molecule has 0 unspecified atom stereocenters. The third kappa shape index (κ3) is 16.7. The molecule has 14 heteroatoms. The SMILES string of the molecule is BrCCCCCCCCn1c2cc(Br)ccc2c2ccc(Br)cc21.CC(C)n1c2cc(B3OC(C)(C)C(C)(C)O3)ccc2c2ccc(B3OC(C)(C)C(C)(C)O3)cc21.CCCCCCCCC(CCCCCCCC)n1c2cc(Br)ccc2c2ccc(Br)cc21. The van der Waals surface area contributed by atoms with Gasteiger partial charge in [-0.15, -0.1) is 0 Å². The van der Waals surface area contributed by atoms with Gasteiger partial charge in [0.15, 0.2) is 0 Å². The second-order valence-corrected chi connectivity index (χ2v) is 32.4. The van der Waals surface area contributed by atoms with Gasteiger partial charge in [0.2, 0.25) is 0 Å². The topological polar surface area (TPSA) is 51.7 Å². The molecule has 11 rings (SSSR count). The number of aryl methyl sites for hydroxylation is 1. The fraction of sp³-hybridized carbons (Fsp3) is 0.526. The average Bonchev–Trinajstić information content (AvgIpc) is 1.61. The molecule has 484 valence electrons. The summed E-state index contributed by atoms with van der Waals surface area (Å²) in [6, 6.07) is 40.8. The van der Waals surface area contributed by atoms with Crippen molar-refractivity contribution in [2.45, 2.75) is 253 Å². The first-order valence-electron chi connectivity index (χ1n) is 34.1. The Bertz CT molecular complexity index is 3590. The van der Waals surface area contributed by atoms with Crippen molar-refractivity contribution in [1.29, 1.82) is 0 Å². The van der Waals surface area contributed by atoms with Gasteiger partial charge < -0.3 is 32.3 Å². The van der Waals surface area contributed by atoms with Crippen LogP contribution >= 0.6 is 79.6 Å². The molecule has 0 spiro atoms. The van der Waals surface area contributed by atoms with Crippen molar-refractivity contribution in [3.63, 3.8) is 0 Å². The lowest BCUT2D eigenvalue weighted by atomic mass is 9.78. The molecule has 0 N–H and O–H groups in total. The molecule has 2 saturated heterocycles. The zero-order valence-electron chi connectivity index (χ0n) is 56.1. The standard InChI is InChI=1S/C29H41Br2N.C27H37B2NO4.C20H22Br3N/c1-3-5-7-9-11-13-15-25(16-14-12-10-8-6-4-2)32-28-21-23(30)17-19-26(28)27-20-18-24(31)22-29(27)32;1-17(2)30-22-15-18(28-31-24(3,4)25(5,6)32-28)11-13-20(22)21-14-12-19(16-23(21)30)29-33-26(7,8)27(9,10)34-29;21-11-5-3-1-2-4-6-12-24-19-13-15(22)7-9-17(19)18-10-8-16(23)14-20(18)24/h17-22,25H,3-16H2,1-2H3;11-17H,1-10H3;7-10,13-14H,1-6,11-12H2. The molecular formula is C76H100B2Br5N3O4. The van der Waals surface area contributed by atoms with Crippen molar-refractivity contribution in [3.05, 3.63) is 127 Å². The number of hydrogen-bond donors (Lipinski definition) is 0. The van der Waals surface area contributed by atoms with E-state index in [1.54, 1.807) is 0 Å². The van der Waals surface area contributed by atoms with Crippen molar-refractivity contribution >= 4 is 170 Å². The second-order valence-electron chi connectivity index (χ2n) is 27.9. The maximum atomic E-state index is 6.33. The van der Waals surface area contributed by atoms with Crippen molar-refractivity contribution in [3.8, 4) is 0 Å². The summed E-state index contributed by atoms with van der Waals surface area (Å²) in [6.07, 6.45) is 26.9. The van der Waals surface area contributed by atoms with Crippen LogP contribution in [0.15, 0.2) is 127 Å². The van der Waals surface area contributed by atoms with Crippen molar-refractivity contribution in [1.82, 2.24) is 13.7 Å². The quantitative estimate of drug-likeness (QED) is 0.0308. The van der Waals surface area contributed by atoms with Crippen LogP contribution in [0, 0.1) is 0 Å². The highest BCUT2D eigenvalue weighted by Gasteiger charge is 2.53. The number of benzene rings is 6. The largest absolute Gasteiger partial charge is 0.494 e. The van der Waals surface area contributed by atoms with Gasteiger partial charge in [-0.05, 0) is 167 Å². The highest BCUT2D eigenvalue weighted by atomic mass is 79.9. The van der Waals surface area contributed by atoms with Crippen LogP contribution in [-0.2, 0) is 25.2 Å². The van der Waals surface area contributed by atoms with Crippen LogP contribution in [0.5, 0.6) is 0 Å². The van der Waals surface area contributed by atoms with Gasteiger partial charge >= 0.3 is 14.2 Å². The number of aromatic nitrogens is 3. The highest BCUT2D eigenvalue weighted by Crippen LogP contribution is 2.42.